The lowest BCUT2D eigenvalue weighted by Crippen LogP contribution is -2.26. The second-order valence-corrected chi connectivity index (χ2v) is 5.68. The molecule has 7 nitrogen and oxygen atoms in total. The van der Waals surface area contributed by atoms with Crippen molar-refractivity contribution in [1.29, 1.82) is 0 Å². The van der Waals surface area contributed by atoms with Gasteiger partial charge in [0.15, 0.2) is 5.13 Å². The number of carbonyl (C=O) groups excluding carboxylic acids is 1. The Hall–Kier alpha value is -1.96. The first-order valence-electron chi connectivity index (χ1n) is 6.54. The minimum atomic E-state index is -0.255. The van der Waals surface area contributed by atoms with Crippen LogP contribution in [0.15, 0.2) is 9.90 Å². The number of rotatable bonds is 6. The summed E-state index contributed by atoms with van der Waals surface area (Å²) >= 11 is 1.43. The van der Waals surface area contributed by atoms with Crippen LogP contribution in [-0.2, 0) is 12.8 Å². The van der Waals surface area contributed by atoms with Crippen LogP contribution in [0.25, 0.3) is 0 Å². The second-order valence-electron chi connectivity index (χ2n) is 4.79. The van der Waals surface area contributed by atoms with Gasteiger partial charge in [0, 0.05) is 17.8 Å². The Labute approximate surface area is 119 Å². The topological polar surface area (TPSA) is 107 Å². The summed E-state index contributed by atoms with van der Waals surface area (Å²) in [6.45, 7) is 0. The Morgan fingerprint density at radius 2 is 2.30 bits per heavy atom. The van der Waals surface area contributed by atoms with E-state index in [4.69, 9.17) is 10.3 Å². The molecule has 0 aromatic carbocycles. The van der Waals surface area contributed by atoms with Crippen molar-refractivity contribution in [3.8, 4) is 0 Å². The number of hydrogen-bond acceptors (Lipinski definition) is 7. The van der Waals surface area contributed by atoms with Gasteiger partial charge in [-0.1, -0.05) is 5.16 Å². The first-order valence-corrected chi connectivity index (χ1v) is 7.42. The number of nitrogen functional groups attached to an aromatic ring is 1. The summed E-state index contributed by atoms with van der Waals surface area (Å²) in [5, 5.41) is 9.04. The molecule has 106 valence electrons. The highest BCUT2D eigenvalue weighted by molar-refractivity contribution is 7.13. The van der Waals surface area contributed by atoms with Crippen LogP contribution >= 0.6 is 11.3 Å². The summed E-state index contributed by atoms with van der Waals surface area (Å²) in [6, 6.07) is 0.291. The lowest BCUT2D eigenvalue weighted by Gasteiger charge is -1.96. The fraction of sp³-hybridized carbons (Fsp3) is 0.500. The van der Waals surface area contributed by atoms with E-state index < -0.39 is 0 Å². The van der Waals surface area contributed by atoms with E-state index >= 15 is 0 Å². The van der Waals surface area contributed by atoms with Gasteiger partial charge in [-0.25, -0.2) is 4.98 Å². The maximum atomic E-state index is 11.7. The van der Waals surface area contributed by atoms with Crippen LogP contribution in [0.5, 0.6) is 0 Å². The number of nitrogens with one attached hydrogen (secondary N) is 1. The molecule has 2 aromatic heterocycles. The number of nitrogens with zero attached hydrogens (tertiary/aromatic N) is 3. The summed E-state index contributed by atoms with van der Waals surface area (Å²) in [7, 11) is 0. The number of anilines is 1. The van der Waals surface area contributed by atoms with Crippen LogP contribution < -0.4 is 11.1 Å². The van der Waals surface area contributed by atoms with Gasteiger partial charge in [-0.3, -0.25) is 4.79 Å². The van der Waals surface area contributed by atoms with E-state index in [2.05, 4.69) is 20.4 Å². The van der Waals surface area contributed by atoms with Crippen molar-refractivity contribution in [2.45, 2.75) is 38.1 Å². The molecule has 1 aliphatic rings. The van der Waals surface area contributed by atoms with Gasteiger partial charge in [-0.05, 0) is 25.7 Å². The fourth-order valence-electron chi connectivity index (χ4n) is 1.78. The molecule has 2 aromatic rings. The maximum absolute atomic E-state index is 11.7. The molecule has 20 heavy (non-hydrogen) atoms. The number of aryl methyl sites for hydroxylation is 2. The van der Waals surface area contributed by atoms with Crippen molar-refractivity contribution >= 4 is 22.4 Å². The van der Waals surface area contributed by atoms with Crippen molar-refractivity contribution in [1.82, 2.24) is 20.4 Å². The Morgan fingerprint density at radius 3 is 3.00 bits per heavy atom. The van der Waals surface area contributed by atoms with Crippen LogP contribution in [0.2, 0.25) is 0 Å². The molecule has 1 amide bonds. The van der Waals surface area contributed by atoms with Gasteiger partial charge in [0.1, 0.15) is 0 Å². The maximum Gasteiger partial charge on any atom is 0.292 e. The normalized spacial score (nSPS) is 14.4. The average molecular weight is 293 g/mol. The molecule has 1 saturated carbocycles. The molecule has 8 heteroatoms. The van der Waals surface area contributed by atoms with Gasteiger partial charge in [0.2, 0.25) is 5.89 Å². The van der Waals surface area contributed by atoms with Crippen LogP contribution in [0.4, 0.5) is 5.13 Å². The largest absolute Gasteiger partial charge is 0.375 e. The van der Waals surface area contributed by atoms with Crippen LogP contribution in [0.3, 0.4) is 0 Å². The van der Waals surface area contributed by atoms with E-state index in [1.165, 1.54) is 11.3 Å². The van der Waals surface area contributed by atoms with Crippen molar-refractivity contribution in [2.24, 2.45) is 0 Å². The third-order valence-electron chi connectivity index (χ3n) is 2.98. The zero-order chi connectivity index (χ0) is 13.9. The Bertz CT molecular complexity index is 605. The number of amides is 1. The van der Waals surface area contributed by atoms with E-state index in [9.17, 15) is 4.79 Å². The molecule has 0 aliphatic heterocycles. The van der Waals surface area contributed by atoms with Gasteiger partial charge < -0.3 is 15.6 Å². The number of aromatic nitrogens is 3. The molecule has 3 N–H and O–H groups in total. The molecule has 2 heterocycles. The van der Waals surface area contributed by atoms with Gasteiger partial charge in [-0.15, -0.1) is 11.3 Å². The highest BCUT2D eigenvalue weighted by Crippen LogP contribution is 2.19. The third-order valence-corrected chi connectivity index (χ3v) is 3.70. The molecule has 0 atom stereocenters. The monoisotopic (exact) mass is 293 g/mol. The Morgan fingerprint density at radius 1 is 1.45 bits per heavy atom. The zero-order valence-electron chi connectivity index (χ0n) is 10.8. The van der Waals surface area contributed by atoms with Crippen LogP contribution in [-0.4, -0.2) is 27.1 Å². The SMILES string of the molecule is Nc1nc(CCCc2nc(C(=O)NC3CC3)no2)cs1. The smallest absolute Gasteiger partial charge is 0.292 e. The number of nitrogens with two attached hydrogens (primary N) is 1. The van der Waals surface area contributed by atoms with Gasteiger partial charge in [-0.2, -0.15) is 4.98 Å². The molecular formula is C12H15N5O2S. The molecule has 1 fully saturated rings. The lowest BCUT2D eigenvalue weighted by atomic mass is 10.2. The molecule has 3 rings (SSSR count). The van der Waals surface area contributed by atoms with E-state index in [1.54, 1.807) is 0 Å². The van der Waals surface area contributed by atoms with E-state index in [-0.39, 0.29) is 11.7 Å². The molecule has 0 radical (unpaired) electrons. The van der Waals surface area contributed by atoms with E-state index in [1.807, 2.05) is 5.38 Å². The summed E-state index contributed by atoms with van der Waals surface area (Å²) in [5.41, 5.74) is 6.54. The van der Waals surface area contributed by atoms with Crippen molar-refractivity contribution < 1.29 is 9.32 Å². The predicted octanol–water partition coefficient (Wildman–Crippen LogP) is 1.18. The van der Waals surface area contributed by atoms with Crippen molar-refractivity contribution in [2.75, 3.05) is 5.73 Å². The lowest BCUT2D eigenvalue weighted by molar-refractivity contribution is 0.0937. The van der Waals surface area contributed by atoms with Crippen molar-refractivity contribution in [3.63, 3.8) is 0 Å². The number of carbonyl (C=O) groups is 1. The molecule has 0 spiro atoms. The third kappa shape index (κ3) is 3.32. The van der Waals surface area contributed by atoms with Gasteiger partial charge in [0.05, 0.1) is 5.69 Å². The Balaban J connectivity index is 1.48. The van der Waals surface area contributed by atoms with Crippen LogP contribution in [0, 0.1) is 0 Å². The molecule has 1 aliphatic carbocycles. The minimum absolute atomic E-state index is 0.116. The highest BCUT2D eigenvalue weighted by atomic mass is 32.1. The quantitative estimate of drug-likeness (QED) is 0.828. The predicted molar refractivity (Wildman–Crippen MR) is 73.3 cm³/mol. The first kappa shape index (κ1) is 13.0. The van der Waals surface area contributed by atoms with Gasteiger partial charge in [0.25, 0.3) is 11.7 Å². The zero-order valence-corrected chi connectivity index (χ0v) is 11.7. The summed E-state index contributed by atoms with van der Waals surface area (Å²) in [4.78, 5) is 20.0. The molecule has 0 unspecified atom stereocenters. The van der Waals surface area contributed by atoms with Crippen molar-refractivity contribution in [3.05, 3.63) is 22.8 Å². The standard InChI is InChI=1S/C12H15N5O2S/c13-12-15-8(6-20-12)2-1-3-9-16-10(17-19-9)11(18)14-7-4-5-7/h6-7H,1-5H2,(H2,13,15)(H,14,18). The molecular weight excluding hydrogens is 278 g/mol. The molecule has 0 saturated heterocycles. The second kappa shape index (κ2) is 5.58. The summed E-state index contributed by atoms with van der Waals surface area (Å²) < 4.78 is 5.07. The highest BCUT2D eigenvalue weighted by Gasteiger charge is 2.26. The minimum Gasteiger partial charge on any atom is -0.375 e. The average Bonchev–Trinajstić information content (AvgIpc) is 2.95. The first-order chi connectivity index (χ1) is 9.70. The number of thiazole rings is 1. The fourth-order valence-corrected chi connectivity index (χ4v) is 2.38. The molecule has 0 bridgehead atoms. The number of hydrogen-bond donors (Lipinski definition) is 2. The Kier molecular flexibility index (Phi) is 3.64. The van der Waals surface area contributed by atoms with E-state index in [0.29, 0.717) is 23.5 Å². The summed E-state index contributed by atoms with van der Waals surface area (Å²) in [6.07, 6.45) is 4.33. The summed E-state index contributed by atoms with van der Waals surface area (Å²) in [5.74, 6) is 0.341. The van der Waals surface area contributed by atoms with E-state index in [0.717, 1.165) is 31.4 Å². The van der Waals surface area contributed by atoms with Crippen LogP contribution in [0.1, 0.15) is 41.5 Å². The van der Waals surface area contributed by atoms with Gasteiger partial charge >= 0.3 is 0 Å².